The van der Waals surface area contributed by atoms with Crippen LogP contribution in [0.5, 0.6) is 0 Å². The molecule has 1 atom stereocenters. The van der Waals surface area contributed by atoms with E-state index < -0.39 is 47.6 Å². The zero-order chi connectivity index (χ0) is 29.1. The standard InChI is InChI=1S/C27H30ClF6NO3/c1-24(2,3)38-22(36)13-7-16-6-12-20(28)21(14-16)35-23(37)19(15-26(29,30)31)17-8-10-18(11-9-17)25(4,5)27(32,33)34/h6,8-12,14,19H,7,13,15H2,1-5H3,(H,35,37)/t19-/m0/s1. The minimum absolute atomic E-state index is 0.0314. The maximum atomic E-state index is 13.4. The van der Waals surface area contributed by atoms with Crippen molar-refractivity contribution in [2.24, 2.45) is 0 Å². The molecule has 38 heavy (non-hydrogen) atoms. The molecule has 0 radical (unpaired) electrons. The van der Waals surface area contributed by atoms with E-state index in [-0.39, 0.29) is 34.7 Å². The fraction of sp³-hybridized carbons (Fsp3) is 0.481. The van der Waals surface area contributed by atoms with Crippen molar-refractivity contribution in [3.05, 3.63) is 64.2 Å². The zero-order valence-corrected chi connectivity index (χ0v) is 22.4. The highest BCUT2D eigenvalue weighted by Gasteiger charge is 2.48. The summed E-state index contributed by atoms with van der Waals surface area (Å²) in [6, 6.07) is 8.83. The van der Waals surface area contributed by atoms with E-state index in [9.17, 15) is 35.9 Å². The molecule has 4 nitrogen and oxygen atoms in total. The Bertz CT molecular complexity index is 1140. The molecular weight excluding hydrogens is 536 g/mol. The van der Waals surface area contributed by atoms with Crippen molar-refractivity contribution in [2.45, 2.75) is 83.2 Å². The Labute approximate surface area is 222 Å². The SMILES string of the molecule is CC(C)(C)OC(=O)CCc1ccc(Cl)c(NC(=O)[C@@H](CC(F)(F)F)c2ccc(C(C)(C)C(F)(F)F)cc2)c1. The molecular formula is C27H30ClF6NO3. The van der Waals surface area contributed by atoms with Gasteiger partial charge in [0.2, 0.25) is 5.91 Å². The van der Waals surface area contributed by atoms with Crippen molar-refractivity contribution in [2.75, 3.05) is 5.32 Å². The number of nitrogens with one attached hydrogen (secondary N) is 1. The van der Waals surface area contributed by atoms with Crippen molar-refractivity contribution in [1.82, 2.24) is 0 Å². The summed E-state index contributed by atoms with van der Waals surface area (Å²) in [5.74, 6) is -3.21. The van der Waals surface area contributed by atoms with Crippen LogP contribution < -0.4 is 5.32 Å². The summed E-state index contributed by atoms with van der Waals surface area (Å²) >= 11 is 6.15. The van der Waals surface area contributed by atoms with E-state index >= 15 is 0 Å². The van der Waals surface area contributed by atoms with Crippen molar-refractivity contribution in [1.29, 1.82) is 0 Å². The van der Waals surface area contributed by atoms with Gasteiger partial charge in [-0.05, 0) is 69.9 Å². The second kappa shape index (κ2) is 11.6. The number of alkyl halides is 6. The Hall–Kier alpha value is -2.75. The Morgan fingerprint density at radius 2 is 1.50 bits per heavy atom. The molecule has 1 N–H and O–H groups in total. The van der Waals surface area contributed by atoms with Gasteiger partial charge in [-0.15, -0.1) is 0 Å². The number of amides is 1. The van der Waals surface area contributed by atoms with E-state index in [1.54, 1.807) is 26.8 Å². The number of carbonyl (C=O) groups excluding carboxylic acids is 2. The molecule has 0 saturated carbocycles. The second-order valence-corrected chi connectivity index (χ2v) is 10.9. The number of rotatable bonds is 8. The molecule has 2 rings (SSSR count). The second-order valence-electron chi connectivity index (χ2n) is 10.5. The highest BCUT2D eigenvalue weighted by molar-refractivity contribution is 6.33. The molecule has 0 unspecified atom stereocenters. The van der Waals surface area contributed by atoms with Gasteiger partial charge in [0.05, 0.1) is 28.5 Å². The van der Waals surface area contributed by atoms with Crippen LogP contribution in [0.3, 0.4) is 0 Å². The van der Waals surface area contributed by atoms with E-state index in [2.05, 4.69) is 5.32 Å². The Morgan fingerprint density at radius 3 is 2.00 bits per heavy atom. The fourth-order valence-electron chi connectivity index (χ4n) is 3.57. The average molecular weight is 566 g/mol. The fourth-order valence-corrected chi connectivity index (χ4v) is 3.74. The third-order valence-electron chi connectivity index (χ3n) is 5.82. The number of benzene rings is 2. The summed E-state index contributed by atoms with van der Waals surface area (Å²) in [5, 5.41) is 2.46. The lowest BCUT2D eigenvalue weighted by molar-refractivity contribution is -0.180. The first-order valence-corrected chi connectivity index (χ1v) is 12.1. The number of hydrogen-bond donors (Lipinski definition) is 1. The summed E-state index contributed by atoms with van der Waals surface area (Å²) in [6.07, 6.45) is -10.6. The summed E-state index contributed by atoms with van der Waals surface area (Å²) in [5.41, 5.74) is -2.52. The van der Waals surface area contributed by atoms with Crippen LogP contribution in [0.25, 0.3) is 0 Å². The molecule has 0 bridgehead atoms. The van der Waals surface area contributed by atoms with Gasteiger partial charge in [-0.1, -0.05) is 41.9 Å². The lowest BCUT2D eigenvalue weighted by atomic mass is 9.82. The minimum Gasteiger partial charge on any atom is -0.460 e. The third kappa shape index (κ3) is 8.92. The van der Waals surface area contributed by atoms with E-state index in [0.717, 1.165) is 38.1 Å². The van der Waals surface area contributed by atoms with Gasteiger partial charge >= 0.3 is 18.3 Å². The summed E-state index contributed by atoms with van der Waals surface area (Å²) in [7, 11) is 0. The van der Waals surface area contributed by atoms with Crippen molar-refractivity contribution in [3.63, 3.8) is 0 Å². The average Bonchev–Trinajstić information content (AvgIpc) is 2.75. The van der Waals surface area contributed by atoms with Gasteiger partial charge in [-0.3, -0.25) is 9.59 Å². The number of hydrogen-bond acceptors (Lipinski definition) is 3. The van der Waals surface area contributed by atoms with Crippen LogP contribution in [0.1, 0.15) is 70.1 Å². The number of ether oxygens (including phenoxy) is 1. The maximum absolute atomic E-state index is 13.4. The number of esters is 1. The van der Waals surface area contributed by atoms with Crippen LogP contribution in [0.4, 0.5) is 32.0 Å². The predicted octanol–water partition coefficient (Wildman–Crippen LogP) is 8.13. The van der Waals surface area contributed by atoms with Gasteiger partial charge in [0.15, 0.2) is 0 Å². The Morgan fingerprint density at radius 1 is 0.921 bits per heavy atom. The predicted molar refractivity (Wildman–Crippen MR) is 133 cm³/mol. The van der Waals surface area contributed by atoms with Crippen LogP contribution >= 0.6 is 11.6 Å². The lowest BCUT2D eigenvalue weighted by Gasteiger charge is -2.28. The molecule has 0 aliphatic rings. The van der Waals surface area contributed by atoms with Crippen LogP contribution in [0.2, 0.25) is 5.02 Å². The first kappa shape index (κ1) is 31.5. The van der Waals surface area contributed by atoms with Crippen LogP contribution in [-0.2, 0) is 26.2 Å². The highest BCUT2D eigenvalue weighted by atomic mass is 35.5. The van der Waals surface area contributed by atoms with Crippen molar-refractivity contribution in [3.8, 4) is 0 Å². The van der Waals surface area contributed by atoms with Crippen molar-refractivity contribution < 1.29 is 40.7 Å². The molecule has 0 aliphatic heterocycles. The van der Waals surface area contributed by atoms with Gasteiger partial charge in [-0.25, -0.2) is 0 Å². The summed E-state index contributed by atoms with van der Waals surface area (Å²) < 4.78 is 85.4. The van der Waals surface area contributed by atoms with Crippen molar-refractivity contribution >= 4 is 29.2 Å². The van der Waals surface area contributed by atoms with E-state index in [4.69, 9.17) is 16.3 Å². The molecule has 11 heteroatoms. The highest BCUT2D eigenvalue weighted by Crippen LogP contribution is 2.41. The van der Waals surface area contributed by atoms with Gasteiger partial charge in [-0.2, -0.15) is 26.3 Å². The number of aryl methyl sites for hydroxylation is 1. The van der Waals surface area contributed by atoms with Gasteiger partial charge in [0.25, 0.3) is 0 Å². The topological polar surface area (TPSA) is 55.4 Å². The molecule has 0 heterocycles. The zero-order valence-electron chi connectivity index (χ0n) is 21.6. The number of anilines is 1. The van der Waals surface area contributed by atoms with Crippen LogP contribution in [0.15, 0.2) is 42.5 Å². The summed E-state index contributed by atoms with van der Waals surface area (Å²) in [6.45, 7) is 7.09. The van der Waals surface area contributed by atoms with Crippen LogP contribution in [0, 0.1) is 0 Å². The van der Waals surface area contributed by atoms with Gasteiger partial charge < -0.3 is 10.1 Å². The Kier molecular flexibility index (Phi) is 9.57. The molecule has 0 spiro atoms. The maximum Gasteiger partial charge on any atom is 0.397 e. The lowest BCUT2D eigenvalue weighted by Crippen LogP contribution is -2.36. The van der Waals surface area contributed by atoms with E-state index in [0.29, 0.717) is 5.56 Å². The van der Waals surface area contributed by atoms with Gasteiger partial charge in [0, 0.05) is 6.42 Å². The first-order valence-electron chi connectivity index (χ1n) is 11.7. The Balaban J connectivity index is 2.27. The number of carbonyl (C=O) groups is 2. The molecule has 0 saturated heterocycles. The van der Waals surface area contributed by atoms with E-state index in [1.807, 2.05) is 0 Å². The molecule has 0 aromatic heterocycles. The normalized spacial score (nSPS) is 13.7. The molecule has 2 aromatic rings. The molecule has 1 amide bonds. The number of halogens is 7. The molecule has 0 fully saturated rings. The van der Waals surface area contributed by atoms with Gasteiger partial charge in [0.1, 0.15) is 5.60 Å². The molecule has 2 aromatic carbocycles. The smallest absolute Gasteiger partial charge is 0.397 e. The molecule has 0 aliphatic carbocycles. The monoisotopic (exact) mass is 565 g/mol. The summed E-state index contributed by atoms with van der Waals surface area (Å²) in [4.78, 5) is 25.0. The third-order valence-corrected chi connectivity index (χ3v) is 6.15. The quantitative estimate of drug-likeness (QED) is 0.260. The minimum atomic E-state index is -4.73. The van der Waals surface area contributed by atoms with Crippen LogP contribution in [-0.4, -0.2) is 29.8 Å². The largest absolute Gasteiger partial charge is 0.460 e. The van der Waals surface area contributed by atoms with E-state index in [1.165, 1.54) is 12.1 Å². The first-order chi connectivity index (χ1) is 17.2. The molecule has 210 valence electrons.